The Hall–Kier alpha value is -2.34. The monoisotopic (exact) mass is 427 g/mol. The number of amides is 1. The smallest absolute Gasteiger partial charge is 0.220 e. The first-order valence-electron chi connectivity index (χ1n) is 11.4. The zero-order valence-electron chi connectivity index (χ0n) is 17.9. The number of hydrogen-bond acceptors (Lipinski definition) is 3. The molecule has 1 saturated carbocycles. The van der Waals surface area contributed by atoms with Crippen LogP contribution in [-0.2, 0) is 11.3 Å². The van der Waals surface area contributed by atoms with Gasteiger partial charge in [0.05, 0.1) is 11.7 Å². The average molecular weight is 428 g/mol. The van der Waals surface area contributed by atoms with Gasteiger partial charge >= 0.3 is 0 Å². The number of benzene rings is 1. The molecule has 166 valence electrons. The Morgan fingerprint density at radius 2 is 1.94 bits per heavy atom. The van der Waals surface area contributed by atoms with E-state index in [0.717, 1.165) is 50.0 Å². The number of piperidine rings is 1. The van der Waals surface area contributed by atoms with Crippen LogP contribution in [0, 0.1) is 23.5 Å². The molecule has 0 bridgehead atoms. The second-order valence-electron chi connectivity index (χ2n) is 9.04. The van der Waals surface area contributed by atoms with Gasteiger partial charge in [-0.15, -0.1) is 0 Å². The molecule has 2 fully saturated rings. The zero-order valence-corrected chi connectivity index (χ0v) is 17.9. The molecule has 1 aromatic carbocycles. The molecule has 1 N–H and O–H groups in total. The van der Waals surface area contributed by atoms with Crippen molar-refractivity contribution in [3.05, 3.63) is 65.5 Å². The van der Waals surface area contributed by atoms with E-state index in [2.05, 4.69) is 15.2 Å². The fourth-order valence-electron chi connectivity index (χ4n) is 5.11. The first-order valence-corrected chi connectivity index (χ1v) is 11.4. The molecule has 1 aliphatic heterocycles. The Labute approximate surface area is 183 Å². The molecule has 4 nitrogen and oxygen atoms in total. The molecule has 1 saturated heterocycles. The molecule has 1 amide bonds. The zero-order chi connectivity index (χ0) is 21.6. The van der Waals surface area contributed by atoms with Crippen molar-refractivity contribution in [2.75, 3.05) is 13.1 Å². The lowest BCUT2D eigenvalue weighted by Gasteiger charge is -2.37. The van der Waals surface area contributed by atoms with E-state index < -0.39 is 11.6 Å². The van der Waals surface area contributed by atoms with Gasteiger partial charge in [0.2, 0.25) is 5.91 Å². The van der Waals surface area contributed by atoms with Crippen molar-refractivity contribution in [2.24, 2.45) is 11.8 Å². The summed E-state index contributed by atoms with van der Waals surface area (Å²) in [6.07, 6.45) is 9.10. The van der Waals surface area contributed by atoms with Crippen LogP contribution >= 0.6 is 0 Å². The highest BCUT2D eigenvalue weighted by atomic mass is 19.2. The van der Waals surface area contributed by atoms with Gasteiger partial charge in [0.25, 0.3) is 0 Å². The molecule has 2 heterocycles. The van der Waals surface area contributed by atoms with Gasteiger partial charge in [0, 0.05) is 25.7 Å². The predicted octanol–water partition coefficient (Wildman–Crippen LogP) is 5.01. The Morgan fingerprint density at radius 3 is 2.68 bits per heavy atom. The summed E-state index contributed by atoms with van der Waals surface area (Å²) in [6, 6.07) is 9.79. The molecular formula is C25H31F2N3O. The Bertz CT molecular complexity index is 870. The molecule has 1 aromatic heterocycles. The molecular weight excluding hydrogens is 396 g/mol. The number of likely N-dealkylation sites (tertiary alicyclic amines) is 1. The average Bonchev–Trinajstić information content (AvgIpc) is 3.28. The fraction of sp³-hybridized carbons (Fsp3) is 0.520. The first-order chi connectivity index (χ1) is 15.1. The van der Waals surface area contributed by atoms with Crippen LogP contribution in [-0.4, -0.2) is 28.9 Å². The normalized spacial score (nSPS) is 21.2. The van der Waals surface area contributed by atoms with Crippen molar-refractivity contribution < 1.29 is 13.6 Å². The van der Waals surface area contributed by atoms with Gasteiger partial charge in [-0.05, 0) is 73.9 Å². The summed E-state index contributed by atoms with van der Waals surface area (Å²) in [6.45, 7) is 2.25. The Kier molecular flexibility index (Phi) is 7.28. The first kappa shape index (κ1) is 21.9. The maximum Gasteiger partial charge on any atom is 0.220 e. The summed E-state index contributed by atoms with van der Waals surface area (Å²) in [7, 11) is 0. The van der Waals surface area contributed by atoms with Gasteiger partial charge in [0.15, 0.2) is 11.6 Å². The number of carbonyl (C=O) groups excluding carboxylic acids is 1. The standard InChI is InChI=1S/C25H31F2N3O/c26-21-11-10-19(14-22(21)27)16-30-13-5-8-20(17-30)25(23-9-3-4-12-28-23)29-24(31)15-18-6-1-2-7-18/h3-4,9-12,14,18,20,25H,1-2,5-8,13,15-17H2,(H,29,31)/t20-,25-/m1/s1. The van der Waals surface area contributed by atoms with Crippen molar-refractivity contribution in [2.45, 2.75) is 57.5 Å². The number of pyridine rings is 1. The largest absolute Gasteiger partial charge is 0.347 e. The maximum absolute atomic E-state index is 13.6. The SMILES string of the molecule is O=C(CC1CCCC1)N[C@@H](c1ccccn1)[C@@H]1CCCN(Cc2ccc(F)c(F)c2)C1. The van der Waals surface area contributed by atoms with Crippen molar-refractivity contribution in [1.82, 2.24) is 15.2 Å². The van der Waals surface area contributed by atoms with E-state index in [1.54, 1.807) is 12.3 Å². The summed E-state index contributed by atoms with van der Waals surface area (Å²) >= 11 is 0. The number of carbonyl (C=O) groups is 1. The minimum Gasteiger partial charge on any atom is -0.347 e. The van der Waals surface area contributed by atoms with Crippen LogP contribution < -0.4 is 5.32 Å². The van der Waals surface area contributed by atoms with Crippen molar-refractivity contribution >= 4 is 5.91 Å². The van der Waals surface area contributed by atoms with Gasteiger partial charge in [-0.2, -0.15) is 0 Å². The third-order valence-corrected chi connectivity index (χ3v) is 6.68. The molecule has 0 radical (unpaired) electrons. The minimum absolute atomic E-state index is 0.111. The lowest BCUT2D eigenvalue weighted by atomic mass is 9.87. The third-order valence-electron chi connectivity index (χ3n) is 6.68. The highest BCUT2D eigenvalue weighted by Crippen LogP contribution is 2.31. The van der Waals surface area contributed by atoms with E-state index in [-0.39, 0.29) is 17.9 Å². The van der Waals surface area contributed by atoms with Crippen LogP contribution in [0.1, 0.15) is 62.2 Å². The van der Waals surface area contributed by atoms with E-state index in [9.17, 15) is 13.6 Å². The third kappa shape index (κ3) is 5.88. The summed E-state index contributed by atoms with van der Waals surface area (Å²) in [5.41, 5.74) is 1.65. The summed E-state index contributed by atoms with van der Waals surface area (Å²) < 4.78 is 26.9. The van der Waals surface area contributed by atoms with Crippen LogP contribution in [0.4, 0.5) is 8.78 Å². The van der Waals surface area contributed by atoms with E-state index >= 15 is 0 Å². The molecule has 0 spiro atoms. The van der Waals surface area contributed by atoms with E-state index in [1.807, 2.05) is 18.2 Å². The van der Waals surface area contributed by atoms with Crippen LogP contribution in [0.25, 0.3) is 0 Å². The predicted molar refractivity (Wildman–Crippen MR) is 116 cm³/mol. The van der Waals surface area contributed by atoms with Crippen LogP contribution in [0.5, 0.6) is 0 Å². The van der Waals surface area contributed by atoms with Crippen molar-refractivity contribution in [3.63, 3.8) is 0 Å². The molecule has 0 unspecified atom stereocenters. The molecule has 6 heteroatoms. The van der Waals surface area contributed by atoms with Crippen molar-refractivity contribution in [1.29, 1.82) is 0 Å². The van der Waals surface area contributed by atoms with Crippen LogP contribution in [0.3, 0.4) is 0 Å². The van der Waals surface area contributed by atoms with Gasteiger partial charge in [0.1, 0.15) is 0 Å². The second-order valence-corrected chi connectivity index (χ2v) is 9.04. The fourth-order valence-corrected chi connectivity index (χ4v) is 5.11. The van der Waals surface area contributed by atoms with Gasteiger partial charge in [-0.3, -0.25) is 14.7 Å². The number of hydrogen-bond donors (Lipinski definition) is 1. The molecule has 4 rings (SSSR count). The number of aromatic nitrogens is 1. The quantitative estimate of drug-likeness (QED) is 0.676. The highest BCUT2D eigenvalue weighted by Gasteiger charge is 2.31. The highest BCUT2D eigenvalue weighted by molar-refractivity contribution is 5.76. The van der Waals surface area contributed by atoms with Crippen molar-refractivity contribution in [3.8, 4) is 0 Å². The van der Waals surface area contributed by atoms with E-state index in [4.69, 9.17) is 0 Å². The van der Waals surface area contributed by atoms with Crippen LogP contribution in [0.15, 0.2) is 42.6 Å². The van der Waals surface area contributed by atoms with Crippen LogP contribution in [0.2, 0.25) is 0 Å². The molecule has 2 aliphatic rings. The topological polar surface area (TPSA) is 45.2 Å². The number of nitrogens with zero attached hydrogens (tertiary/aromatic N) is 2. The summed E-state index contributed by atoms with van der Waals surface area (Å²) in [5.74, 6) is -0.792. The lowest BCUT2D eigenvalue weighted by Crippen LogP contribution is -2.43. The number of halogens is 2. The van der Waals surface area contributed by atoms with Gasteiger partial charge < -0.3 is 5.32 Å². The van der Waals surface area contributed by atoms with Gasteiger partial charge in [-0.25, -0.2) is 8.78 Å². The molecule has 31 heavy (non-hydrogen) atoms. The molecule has 1 aliphatic carbocycles. The Balaban J connectivity index is 1.44. The summed E-state index contributed by atoms with van der Waals surface area (Å²) in [4.78, 5) is 19.6. The minimum atomic E-state index is -0.819. The van der Waals surface area contributed by atoms with E-state index in [1.165, 1.54) is 25.0 Å². The molecule has 2 aromatic rings. The molecule has 2 atom stereocenters. The van der Waals surface area contributed by atoms with Gasteiger partial charge in [-0.1, -0.05) is 25.0 Å². The Morgan fingerprint density at radius 1 is 1.10 bits per heavy atom. The second kappa shape index (κ2) is 10.3. The number of rotatable bonds is 7. The lowest BCUT2D eigenvalue weighted by molar-refractivity contribution is -0.123. The van der Waals surface area contributed by atoms with E-state index in [0.29, 0.717) is 18.9 Å². The summed E-state index contributed by atoms with van der Waals surface area (Å²) in [5, 5.41) is 3.29. The number of nitrogens with one attached hydrogen (secondary N) is 1. The maximum atomic E-state index is 13.6.